The number of hydrogen-bond acceptors (Lipinski definition) is 1. The highest BCUT2D eigenvalue weighted by Gasteiger charge is 2.05. The van der Waals surface area contributed by atoms with E-state index in [4.69, 9.17) is 27.9 Å². The molecule has 3 heteroatoms. The molecule has 0 heterocycles. The third-order valence-corrected chi connectivity index (χ3v) is 1.89. The van der Waals surface area contributed by atoms with Gasteiger partial charge in [0, 0.05) is 0 Å². The molecule has 0 aromatic heterocycles. The van der Waals surface area contributed by atoms with Crippen molar-refractivity contribution in [2.75, 3.05) is 0 Å². The Morgan fingerprint density at radius 2 is 2.00 bits per heavy atom. The maximum Gasteiger partial charge on any atom is 0.247 e. The highest BCUT2D eigenvalue weighted by atomic mass is 35.5. The Labute approximate surface area is 88.6 Å². The van der Waals surface area contributed by atoms with Gasteiger partial charge < -0.3 is 4.74 Å². The molecule has 0 aliphatic carbocycles. The number of benzene rings is 1. The SMILES string of the molecule is CCCc1ccccc1OC(Cl)Cl. The summed E-state index contributed by atoms with van der Waals surface area (Å²) in [5, 5.41) is -0.794. The van der Waals surface area contributed by atoms with Gasteiger partial charge in [-0.05, 0) is 18.1 Å². The van der Waals surface area contributed by atoms with Gasteiger partial charge in [-0.25, -0.2) is 0 Å². The zero-order valence-electron chi connectivity index (χ0n) is 7.47. The predicted molar refractivity (Wildman–Crippen MR) is 56.6 cm³/mol. The minimum Gasteiger partial charge on any atom is -0.460 e. The molecule has 0 spiro atoms. The van der Waals surface area contributed by atoms with Crippen molar-refractivity contribution >= 4 is 23.2 Å². The molecule has 1 rings (SSSR count). The number of para-hydroxylation sites is 1. The van der Waals surface area contributed by atoms with Crippen molar-refractivity contribution in [3.05, 3.63) is 29.8 Å². The van der Waals surface area contributed by atoms with Crippen LogP contribution in [0.5, 0.6) is 5.75 Å². The summed E-state index contributed by atoms with van der Waals surface area (Å²) in [5.41, 5.74) is 1.15. The zero-order chi connectivity index (χ0) is 9.68. The number of halogens is 2. The molecule has 0 atom stereocenters. The molecule has 72 valence electrons. The second-order valence-corrected chi connectivity index (χ2v) is 3.75. The van der Waals surface area contributed by atoms with E-state index >= 15 is 0 Å². The van der Waals surface area contributed by atoms with Gasteiger partial charge in [-0.2, -0.15) is 0 Å². The first-order valence-corrected chi connectivity index (χ1v) is 5.14. The Bertz CT molecular complexity index is 261. The summed E-state index contributed by atoms with van der Waals surface area (Å²) in [6.07, 6.45) is 2.06. The van der Waals surface area contributed by atoms with E-state index in [1.165, 1.54) is 0 Å². The van der Waals surface area contributed by atoms with E-state index in [0.717, 1.165) is 24.2 Å². The van der Waals surface area contributed by atoms with Crippen molar-refractivity contribution in [3.8, 4) is 5.75 Å². The van der Waals surface area contributed by atoms with Crippen LogP contribution in [0.4, 0.5) is 0 Å². The smallest absolute Gasteiger partial charge is 0.247 e. The van der Waals surface area contributed by atoms with E-state index in [9.17, 15) is 0 Å². The molecular formula is C10H12Cl2O. The summed E-state index contributed by atoms with van der Waals surface area (Å²) in [7, 11) is 0. The first-order chi connectivity index (χ1) is 6.24. The molecule has 0 N–H and O–H groups in total. The summed E-state index contributed by atoms with van der Waals surface area (Å²) in [4.78, 5) is 0. The summed E-state index contributed by atoms with van der Waals surface area (Å²) >= 11 is 11.1. The summed E-state index contributed by atoms with van der Waals surface area (Å²) in [5.74, 6) is 0.777. The van der Waals surface area contributed by atoms with E-state index in [1.54, 1.807) is 0 Å². The van der Waals surface area contributed by atoms with Gasteiger partial charge in [0.05, 0.1) is 0 Å². The lowest BCUT2D eigenvalue weighted by Crippen LogP contribution is -2.01. The van der Waals surface area contributed by atoms with Crippen LogP contribution in [-0.4, -0.2) is 5.02 Å². The van der Waals surface area contributed by atoms with Gasteiger partial charge in [0.15, 0.2) is 0 Å². The Morgan fingerprint density at radius 1 is 1.31 bits per heavy atom. The molecule has 0 fully saturated rings. The molecular weight excluding hydrogens is 207 g/mol. The highest BCUT2D eigenvalue weighted by molar-refractivity contribution is 6.43. The van der Waals surface area contributed by atoms with Crippen molar-refractivity contribution in [1.82, 2.24) is 0 Å². The van der Waals surface area contributed by atoms with Crippen LogP contribution in [0, 0.1) is 0 Å². The monoisotopic (exact) mass is 218 g/mol. The molecule has 0 unspecified atom stereocenters. The first-order valence-electron chi connectivity index (χ1n) is 4.26. The largest absolute Gasteiger partial charge is 0.460 e. The van der Waals surface area contributed by atoms with Crippen LogP contribution in [0.25, 0.3) is 0 Å². The first kappa shape index (κ1) is 10.7. The van der Waals surface area contributed by atoms with Crippen LogP contribution >= 0.6 is 23.2 Å². The Hall–Kier alpha value is -0.400. The second kappa shape index (κ2) is 5.36. The minimum absolute atomic E-state index is 0.777. The van der Waals surface area contributed by atoms with Gasteiger partial charge in [0.1, 0.15) is 5.75 Å². The molecule has 0 saturated heterocycles. The lowest BCUT2D eigenvalue weighted by molar-refractivity contribution is 0.350. The lowest BCUT2D eigenvalue weighted by atomic mass is 10.1. The molecule has 1 aromatic rings. The summed E-state index contributed by atoms with van der Waals surface area (Å²) < 4.78 is 5.23. The Kier molecular flexibility index (Phi) is 4.40. The fraction of sp³-hybridized carbons (Fsp3) is 0.400. The summed E-state index contributed by atoms with van der Waals surface area (Å²) in [6, 6.07) is 7.79. The van der Waals surface area contributed by atoms with Gasteiger partial charge in [-0.3, -0.25) is 0 Å². The van der Waals surface area contributed by atoms with Crippen molar-refractivity contribution in [2.24, 2.45) is 0 Å². The van der Waals surface area contributed by atoms with Gasteiger partial charge in [0.2, 0.25) is 5.02 Å². The highest BCUT2D eigenvalue weighted by Crippen LogP contribution is 2.22. The van der Waals surface area contributed by atoms with Crippen LogP contribution in [-0.2, 0) is 6.42 Å². The average molecular weight is 219 g/mol. The maximum atomic E-state index is 5.53. The van der Waals surface area contributed by atoms with Crippen LogP contribution in [0.2, 0.25) is 0 Å². The van der Waals surface area contributed by atoms with E-state index in [-0.39, 0.29) is 0 Å². The normalized spacial score (nSPS) is 10.5. The molecule has 0 amide bonds. The standard InChI is InChI=1S/C10H12Cl2O/c1-2-5-8-6-3-4-7-9(8)13-10(11)12/h3-4,6-7,10H,2,5H2,1H3. The number of hydrogen-bond donors (Lipinski definition) is 0. The number of alkyl halides is 2. The van der Waals surface area contributed by atoms with Gasteiger partial charge in [-0.1, -0.05) is 54.7 Å². The van der Waals surface area contributed by atoms with Crippen molar-refractivity contribution in [1.29, 1.82) is 0 Å². The third kappa shape index (κ3) is 3.45. The topological polar surface area (TPSA) is 9.23 Å². The molecule has 1 aromatic carbocycles. The summed E-state index contributed by atoms with van der Waals surface area (Å²) in [6.45, 7) is 2.12. The van der Waals surface area contributed by atoms with Crippen LogP contribution in [0.1, 0.15) is 18.9 Å². The van der Waals surface area contributed by atoms with Gasteiger partial charge >= 0.3 is 0 Å². The van der Waals surface area contributed by atoms with Crippen molar-refractivity contribution < 1.29 is 4.74 Å². The second-order valence-electron chi connectivity index (χ2n) is 2.74. The molecule has 0 aliphatic rings. The Morgan fingerprint density at radius 3 is 2.62 bits per heavy atom. The lowest BCUT2D eigenvalue weighted by Gasteiger charge is -2.10. The van der Waals surface area contributed by atoms with Crippen molar-refractivity contribution in [2.45, 2.75) is 24.8 Å². The minimum atomic E-state index is -0.794. The fourth-order valence-electron chi connectivity index (χ4n) is 1.19. The molecule has 1 nitrogen and oxygen atoms in total. The molecule has 0 saturated carbocycles. The van der Waals surface area contributed by atoms with Crippen LogP contribution in [0.3, 0.4) is 0 Å². The molecule has 0 aliphatic heterocycles. The number of rotatable bonds is 4. The van der Waals surface area contributed by atoms with E-state index in [1.807, 2.05) is 24.3 Å². The molecule has 13 heavy (non-hydrogen) atoms. The van der Waals surface area contributed by atoms with Gasteiger partial charge in [0.25, 0.3) is 0 Å². The third-order valence-electron chi connectivity index (χ3n) is 1.71. The Balaban J connectivity index is 2.78. The number of ether oxygens (including phenoxy) is 1. The number of aryl methyl sites for hydroxylation is 1. The van der Waals surface area contributed by atoms with E-state index < -0.39 is 5.02 Å². The maximum absolute atomic E-state index is 5.53. The van der Waals surface area contributed by atoms with E-state index in [0.29, 0.717) is 0 Å². The quantitative estimate of drug-likeness (QED) is 0.700. The zero-order valence-corrected chi connectivity index (χ0v) is 8.98. The van der Waals surface area contributed by atoms with Gasteiger partial charge in [-0.15, -0.1) is 0 Å². The average Bonchev–Trinajstić information content (AvgIpc) is 2.08. The fourth-order valence-corrected chi connectivity index (χ4v) is 1.38. The molecule has 0 radical (unpaired) electrons. The molecule has 0 bridgehead atoms. The van der Waals surface area contributed by atoms with Crippen molar-refractivity contribution in [3.63, 3.8) is 0 Å². The van der Waals surface area contributed by atoms with E-state index in [2.05, 4.69) is 6.92 Å². The van der Waals surface area contributed by atoms with Crippen LogP contribution in [0.15, 0.2) is 24.3 Å². The predicted octanol–water partition coefficient (Wildman–Crippen LogP) is 3.78. The van der Waals surface area contributed by atoms with Crippen LogP contribution < -0.4 is 4.74 Å².